The Kier molecular flexibility index (Phi) is 5.84. The van der Waals surface area contributed by atoms with E-state index in [1.807, 2.05) is 30.5 Å². The summed E-state index contributed by atoms with van der Waals surface area (Å²) in [5, 5.41) is 0. The first-order chi connectivity index (χ1) is 5.97. The van der Waals surface area contributed by atoms with Gasteiger partial charge < -0.3 is 0 Å². The lowest BCUT2D eigenvalue weighted by Crippen LogP contribution is -1.78. The van der Waals surface area contributed by atoms with Gasteiger partial charge in [-0.25, -0.2) is 0 Å². The van der Waals surface area contributed by atoms with Crippen molar-refractivity contribution in [3.8, 4) is 11.1 Å². The van der Waals surface area contributed by atoms with E-state index in [9.17, 15) is 0 Å². The van der Waals surface area contributed by atoms with Crippen LogP contribution in [0.4, 0.5) is 0 Å². The van der Waals surface area contributed by atoms with Crippen molar-refractivity contribution < 1.29 is 0 Å². The average molecular weight is 229 g/mol. The van der Waals surface area contributed by atoms with Crippen molar-refractivity contribution in [3.05, 3.63) is 49.1 Å². The molecule has 0 N–H and O–H groups in total. The topological polar surface area (TPSA) is 25.8 Å². The van der Waals surface area contributed by atoms with Gasteiger partial charge in [-0.1, -0.05) is 6.07 Å². The third kappa shape index (κ3) is 2.98. The lowest BCUT2D eigenvalue weighted by molar-refractivity contribution is 1.30. The molecule has 0 saturated heterocycles. The van der Waals surface area contributed by atoms with E-state index in [2.05, 4.69) is 9.97 Å². The fraction of sp³-hybridized carbons (Fsp3) is 0. The summed E-state index contributed by atoms with van der Waals surface area (Å²) in [6.45, 7) is 0. The van der Waals surface area contributed by atoms with Crippen molar-refractivity contribution in [1.29, 1.82) is 0 Å². The molecule has 2 heterocycles. The summed E-state index contributed by atoms with van der Waals surface area (Å²) >= 11 is 0. The molecule has 0 aromatic carbocycles. The van der Waals surface area contributed by atoms with Crippen LogP contribution in [0.15, 0.2) is 49.1 Å². The fourth-order valence-corrected chi connectivity index (χ4v) is 1.08. The maximum Gasteiger partial charge on any atom is 0.0346 e. The van der Waals surface area contributed by atoms with Gasteiger partial charge in [0.25, 0.3) is 0 Å². The zero-order valence-electron chi connectivity index (χ0n) is 7.33. The Morgan fingerprint density at radius 1 is 0.714 bits per heavy atom. The number of rotatable bonds is 1. The second-order valence-corrected chi connectivity index (χ2v) is 2.48. The molecule has 0 unspecified atom stereocenters. The Hall–Kier alpha value is -1.12. The normalized spacial score (nSPS) is 8.29. The van der Waals surface area contributed by atoms with E-state index in [0.29, 0.717) is 0 Å². The van der Waals surface area contributed by atoms with Crippen LogP contribution in [-0.4, -0.2) is 9.97 Å². The van der Waals surface area contributed by atoms with Gasteiger partial charge in [0.05, 0.1) is 0 Å². The quantitative estimate of drug-likeness (QED) is 0.751. The van der Waals surface area contributed by atoms with E-state index in [1.54, 1.807) is 18.6 Å². The zero-order valence-corrected chi connectivity index (χ0v) is 8.96. The summed E-state index contributed by atoms with van der Waals surface area (Å²) in [5.74, 6) is 0. The summed E-state index contributed by atoms with van der Waals surface area (Å²) in [6, 6.07) is 7.89. The fourth-order valence-electron chi connectivity index (χ4n) is 1.08. The summed E-state index contributed by atoms with van der Waals surface area (Å²) in [5.41, 5.74) is 2.28. The van der Waals surface area contributed by atoms with Crippen molar-refractivity contribution in [2.75, 3.05) is 0 Å². The molecule has 0 amide bonds. The first kappa shape index (κ1) is 12.9. The van der Waals surface area contributed by atoms with Gasteiger partial charge in [0.1, 0.15) is 0 Å². The number of pyridine rings is 2. The molecule has 0 spiro atoms. The Morgan fingerprint density at radius 3 is 2.00 bits per heavy atom. The molecule has 0 atom stereocenters. The van der Waals surface area contributed by atoms with Crippen molar-refractivity contribution in [2.24, 2.45) is 0 Å². The van der Waals surface area contributed by atoms with Crippen molar-refractivity contribution in [1.82, 2.24) is 9.97 Å². The van der Waals surface area contributed by atoms with Crippen molar-refractivity contribution in [3.63, 3.8) is 0 Å². The first-order valence-corrected chi connectivity index (χ1v) is 3.77. The second-order valence-electron chi connectivity index (χ2n) is 2.48. The summed E-state index contributed by atoms with van der Waals surface area (Å²) < 4.78 is 0. The maximum atomic E-state index is 4.04. The van der Waals surface area contributed by atoms with Gasteiger partial charge in [-0.05, 0) is 23.8 Å². The highest BCUT2D eigenvalue weighted by Gasteiger charge is 1.93. The third-order valence-electron chi connectivity index (χ3n) is 1.68. The summed E-state index contributed by atoms with van der Waals surface area (Å²) in [7, 11) is 0. The molecule has 2 rings (SSSR count). The van der Waals surface area contributed by atoms with Gasteiger partial charge in [-0.3, -0.25) is 9.97 Å². The van der Waals surface area contributed by atoms with Gasteiger partial charge in [0.15, 0.2) is 0 Å². The van der Waals surface area contributed by atoms with Crippen LogP contribution in [0.25, 0.3) is 11.1 Å². The van der Waals surface area contributed by atoms with Gasteiger partial charge in [-0.15, -0.1) is 24.8 Å². The lowest BCUT2D eigenvalue weighted by Gasteiger charge is -1.97. The number of nitrogens with zero attached hydrogens (tertiary/aromatic N) is 2. The molecule has 14 heavy (non-hydrogen) atoms. The maximum absolute atomic E-state index is 4.04. The summed E-state index contributed by atoms with van der Waals surface area (Å²) in [6.07, 6.45) is 7.17. The molecule has 2 aromatic rings. The van der Waals surface area contributed by atoms with Crippen LogP contribution in [0.2, 0.25) is 0 Å². The lowest BCUT2D eigenvalue weighted by atomic mass is 10.1. The molecule has 0 aliphatic rings. The predicted octanol–water partition coefficient (Wildman–Crippen LogP) is 2.99. The predicted molar refractivity (Wildman–Crippen MR) is 62.0 cm³/mol. The molecule has 0 bridgehead atoms. The molecule has 0 saturated carbocycles. The highest BCUT2D eigenvalue weighted by Crippen LogP contribution is 2.15. The molecule has 2 nitrogen and oxygen atoms in total. The highest BCUT2D eigenvalue weighted by atomic mass is 35.5. The molecule has 0 aliphatic carbocycles. The molecule has 0 aliphatic heterocycles. The minimum atomic E-state index is 0. The minimum Gasteiger partial charge on any atom is -0.265 e. The van der Waals surface area contributed by atoms with Crippen molar-refractivity contribution >= 4 is 24.8 Å². The van der Waals surface area contributed by atoms with Gasteiger partial charge in [0.2, 0.25) is 0 Å². The van der Waals surface area contributed by atoms with Crippen LogP contribution in [0.3, 0.4) is 0 Å². The Balaban J connectivity index is 0.000000845. The Labute approximate surface area is 95.2 Å². The molecule has 4 heteroatoms. The van der Waals surface area contributed by atoms with E-state index in [1.165, 1.54) is 0 Å². The monoisotopic (exact) mass is 228 g/mol. The van der Waals surface area contributed by atoms with Crippen LogP contribution in [0.5, 0.6) is 0 Å². The molecule has 0 fully saturated rings. The average Bonchev–Trinajstić information content (AvgIpc) is 2.21. The van der Waals surface area contributed by atoms with E-state index in [0.717, 1.165) is 11.1 Å². The molecular formula is C10H10Cl2N2. The third-order valence-corrected chi connectivity index (χ3v) is 1.68. The smallest absolute Gasteiger partial charge is 0.0346 e. The molecule has 0 radical (unpaired) electrons. The van der Waals surface area contributed by atoms with Crippen molar-refractivity contribution in [2.45, 2.75) is 0 Å². The van der Waals surface area contributed by atoms with Gasteiger partial charge in [0, 0.05) is 30.4 Å². The first-order valence-electron chi connectivity index (χ1n) is 3.77. The van der Waals surface area contributed by atoms with Crippen LogP contribution >= 0.6 is 24.8 Å². The van der Waals surface area contributed by atoms with E-state index in [4.69, 9.17) is 0 Å². The van der Waals surface area contributed by atoms with Gasteiger partial charge >= 0.3 is 0 Å². The molecule has 2 aromatic heterocycles. The van der Waals surface area contributed by atoms with Gasteiger partial charge in [-0.2, -0.15) is 0 Å². The van der Waals surface area contributed by atoms with Crippen LogP contribution in [0.1, 0.15) is 0 Å². The number of halogens is 2. The van der Waals surface area contributed by atoms with E-state index < -0.39 is 0 Å². The second kappa shape index (κ2) is 6.35. The van der Waals surface area contributed by atoms with E-state index >= 15 is 0 Å². The van der Waals surface area contributed by atoms with Crippen LogP contribution in [0, 0.1) is 0 Å². The number of hydrogen-bond donors (Lipinski definition) is 0. The number of aromatic nitrogens is 2. The van der Waals surface area contributed by atoms with Crippen LogP contribution < -0.4 is 0 Å². The standard InChI is InChI=1S/C10H8N2.2ClH/c1-2-10(8-12-5-1)9-3-6-11-7-4-9;;/h1-8H;2*1H. The zero-order chi connectivity index (χ0) is 8.23. The molecular weight excluding hydrogens is 219 g/mol. The Morgan fingerprint density at radius 2 is 1.43 bits per heavy atom. The van der Waals surface area contributed by atoms with Crippen LogP contribution in [-0.2, 0) is 0 Å². The highest BCUT2D eigenvalue weighted by molar-refractivity contribution is 5.85. The Bertz CT molecular complexity index is 314. The van der Waals surface area contributed by atoms with E-state index in [-0.39, 0.29) is 24.8 Å². The minimum absolute atomic E-state index is 0. The SMILES string of the molecule is Cl.Cl.c1cncc(-c2ccncc2)c1. The molecule has 74 valence electrons. The number of hydrogen-bond acceptors (Lipinski definition) is 2. The summed E-state index contributed by atoms with van der Waals surface area (Å²) in [4.78, 5) is 7.99. The largest absolute Gasteiger partial charge is 0.265 e.